The molecule has 1 N–H and O–H groups in total. The molecule has 0 radical (unpaired) electrons. The molecule has 0 fully saturated rings. The van der Waals surface area contributed by atoms with Gasteiger partial charge in [-0.3, -0.25) is 4.98 Å². The summed E-state index contributed by atoms with van der Waals surface area (Å²) in [4.78, 5) is 17.8. The van der Waals surface area contributed by atoms with Gasteiger partial charge in [0.1, 0.15) is 25.4 Å². The minimum Gasteiger partial charge on any atom is -0.484 e. The van der Waals surface area contributed by atoms with Crippen molar-refractivity contribution < 1.29 is 9.47 Å². The second-order valence-electron chi connectivity index (χ2n) is 8.53. The lowest BCUT2D eigenvalue weighted by molar-refractivity contribution is 0.161. The molecule has 0 bridgehead atoms. The SMILES string of the molecule is Cc1ccc2cc(-c3cc(NCC(C)C(C)c4ccnc5c4OCCO5)ncn3)ccc2n1. The zero-order valence-corrected chi connectivity index (χ0v) is 19.1. The minimum atomic E-state index is 0.258. The van der Waals surface area contributed by atoms with Gasteiger partial charge in [-0.25, -0.2) is 15.0 Å². The third-order valence-corrected chi connectivity index (χ3v) is 6.21. The molecular weight excluding hydrogens is 414 g/mol. The number of fused-ring (bicyclic) bond motifs is 2. The fourth-order valence-corrected chi connectivity index (χ4v) is 4.08. The van der Waals surface area contributed by atoms with E-state index < -0.39 is 0 Å². The lowest BCUT2D eigenvalue weighted by Crippen LogP contribution is -2.21. The summed E-state index contributed by atoms with van der Waals surface area (Å²) < 4.78 is 11.5. The Morgan fingerprint density at radius 1 is 0.970 bits per heavy atom. The summed E-state index contributed by atoms with van der Waals surface area (Å²) in [6.45, 7) is 8.28. The molecule has 5 rings (SSSR count). The lowest BCUT2D eigenvalue weighted by atomic mass is 9.88. The molecule has 1 aliphatic rings. The van der Waals surface area contributed by atoms with Crippen LogP contribution in [0.1, 0.15) is 31.0 Å². The van der Waals surface area contributed by atoms with Gasteiger partial charge >= 0.3 is 0 Å². The van der Waals surface area contributed by atoms with E-state index in [1.807, 2.05) is 31.2 Å². The summed E-state index contributed by atoms with van der Waals surface area (Å²) in [5, 5.41) is 4.58. The van der Waals surface area contributed by atoms with Gasteiger partial charge in [0, 0.05) is 41.0 Å². The Labute approximate surface area is 193 Å². The molecular formula is C26H27N5O2. The first-order valence-electron chi connectivity index (χ1n) is 11.3. The monoisotopic (exact) mass is 441 g/mol. The van der Waals surface area contributed by atoms with Crippen molar-refractivity contribution in [2.75, 3.05) is 25.1 Å². The van der Waals surface area contributed by atoms with Gasteiger partial charge in [-0.2, -0.15) is 0 Å². The quantitative estimate of drug-likeness (QED) is 0.450. The average molecular weight is 442 g/mol. The Balaban J connectivity index is 1.30. The fourth-order valence-electron chi connectivity index (χ4n) is 4.08. The van der Waals surface area contributed by atoms with E-state index in [-0.39, 0.29) is 5.92 Å². The summed E-state index contributed by atoms with van der Waals surface area (Å²) in [5.74, 6) is 2.75. The zero-order chi connectivity index (χ0) is 22.8. The number of aryl methyl sites for hydroxylation is 1. The van der Waals surface area contributed by atoms with Crippen molar-refractivity contribution in [2.24, 2.45) is 5.92 Å². The Bertz CT molecular complexity index is 1290. The topological polar surface area (TPSA) is 82.1 Å². The Morgan fingerprint density at radius 2 is 1.85 bits per heavy atom. The molecule has 2 unspecified atom stereocenters. The third kappa shape index (κ3) is 4.44. The van der Waals surface area contributed by atoms with E-state index >= 15 is 0 Å². The van der Waals surface area contributed by atoms with Gasteiger partial charge in [0.05, 0.1) is 11.2 Å². The molecule has 1 aliphatic heterocycles. The number of nitrogens with one attached hydrogen (secondary N) is 1. The van der Waals surface area contributed by atoms with Crippen molar-refractivity contribution in [1.82, 2.24) is 19.9 Å². The van der Waals surface area contributed by atoms with Crippen molar-refractivity contribution in [3.8, 4) is 22.9 Å². The number of benzene rings is 1. The van der Waals surface area contributed by atoms with Crippen LogP contribution in [0.5, 0.6) is 11.6 Å². The van der Waals surface area contributed by atoms with Gasteiger partial charge in [0.2, 0.25) is 0 Å². The molecule has 0 aliphatic carbocycles. The first-order chi connectivity index (χ1) is 16.1. The van der Waals surface area contributed by atoms with E-state index in [9.17, 15) is 0 Å². The fraction of sp³-hybridized carbons (Fsp3) is 0.308. The molecule has 7 nitrogen and oxygen atoms in total. The smallest absolute Gasteiger partial charge is 0.257 e. The summed E-state index contributed by atoms with van der Waals surface area (Å²) in [6.07, 6.45) is 3.39. The van der Waals surface area contributed by atoms with Crippen LogP contribution in [0.4, 0.5) is 5.82 Å². The molecule has 0 spiro atoms. The second kappa shape index (κ2) is 9.02. The summed E-state index contributed by atoms with van der Waals surface area (Å²) in [6, 6.07) is 14.3. The molecule has 2 atom stereocenters. The van der Waals surface area contributed by atoms with Gasteiger partial charge in [-0.1, -0.05) is 26.0 Å². The van der Waals surface area contributed by atoms with Crippen molar-refractivity contribution >= 4 is 16.7 Å². The number of hydrogen-bond acceptors (Lipinski definition) is 7. The maximum Gasteiger partial charge on any atom is 0.257 e. The number of ether oxygens (including phenoxy) is 2. The predicted molar refractivity (Wildman–Crippen MR) is 129 cm³/mol. The number of aromatic nitrogens is 4. The summed E-state index contributed by atoms with van der Waals surface area (Å²) in [7, 11) is 0. The van der Waals surface area contributed by atoms with Gasteiger partial charge in [-0.05, 0) is 43.0 Å². The standard InChI is InChI=1S/C26H27N5O2/c1-16(18(3)21-8-9-27-26-25(21)32-10-11-33-26)14-28-24-13-23(29-15-30-24)20-6-7-22-19(12-20)5-4-17(2)31-22/h4-9,12-13,15-16,18H,10-11,14H2,1-3H3,(H,28,29,30). The Morgan fingerprint density at radius 3 is 2.76 bits per heavy atom. The first kappa shape index (κ1) is 21.1. The highest BCUT2D eigenvalue weighted by Crippen LogP contribution is 2.38. The lowest BCUT2D eigenvalue weighted by Gasteiger charge is -2.26. The zero-order valence-electron chi connectivity index (χ0n) is 19.1. The summed E-state index contributed by atoms with van der Waals surface area (Å²) >= 11 is 0. The molecule has 0 saturated heterocycles. The highest BCUT2D eigenvalue weighted by atomic mass is 16.6. The number of hydrogen-bond donors (Lipinski definition) is 1. The minimum absolute atomic E-state index is 0.258. The van der Waals surface area contributed by atoms with E-state index in [1.165, 1.54) is 0 Å². The van der Waals surface area contributed by atoms with E-state index in [4.69, 9.17) is 9.47 Å². The number of rotatable bonds is 6. The maximum absolute atomic E-state index is 5.86. The number of pyridine rings is 2. The average Bonchev–Trinajstić information content (AvgIpc) is 2.86. The Kier molecular flexibility index (Phi) is 5.77. The van der Waals surface area contributed by atoms with Crippen molar-refractivity contribution in [3.05, 3.63) is 66.2 Å². The largest absolute Gasteiger partial charge is 0.484 e. The van der Waals surface area contributed by atoms with E-state index in [0.717, 1.165) is 51.5 Å². The van der Waals surface area contributed by atoms with Crippen LogP contribution in [0.3, 0.4) is 0 Å². The molecule has 33 heavy (non-hydrogen) atoms. The maximum atomic E-state index is 5.86. The molecule has 1 aromatic carbocycles. The van der Waals surface area contributed by atoms with E-state index in [0.29, 0.717) is 25.0 Å². The Hall–Kier alpha value is -3.74. The van der Waals surface area contributed by atoms with Crippen LogP contribution in [0.15, 0.2) is 55.0 Å². The van der Waals surface area contributed by atoms with E-state index in [1.54, 1.807) is 12.5 Å². The first-order valence-corrected chi connectivity index (χ1v) is 11.3. The molecule has 0 amide bonds. The van der Waals surface area contributed by atoms with Gasteiger partial charge in [0.15, 0.2) is 5.75 Å². The van der Waals surface area contributed by atoms with Crippen LogP contribution in [0.25, 0.3) is 22.2 Å². The predicted octanol–water partition coefficient (Wildman–Crippen LogP) is 5.02. The van der Waals surface area contributed by atoms with Crippen molar-refractivity contribution in [1.29, 1.82) is 0 Å². The highest BCUT2D eigenvalue weighted by molar-refractivity contribution is 5.84. The van der Waals surface area contributed by atoms with E-state index in [2.05, 4.69) is 57.3 Å². The van der Waals surface area contributed by atoms with Gasteiger partial charge < -0.3 is 14.8 Å². The highest BCUT2D eigenvalue weighted by Gasteiger charge is 2.24. The summed E-state index contributed by atoms with van der Waals surface area (Å²) in [5.41, 5.74) is 5.04. The normalized spacial score (nSPS) is 14.6. The van der Waals surface area contributed by atoms with Crippen LogP contribution in [-0.2, 0) is 0 Å². The van der Waals surface area contributed by atoms with Crippen LogP contribution in [0, 0.1) is 12.8 Å². The van der Waals surface area contributed by atoms with Crippen LogP contribution in [-0.4, -0.2) is 39.7 Å². The van der Waals surface area contributed by atoms with Gasteiger partial charge in [-0.15, -0.1) is 0 Å². The molecule has 168 valence electrons. The van der Waals surface area contributed by atoms with Crippen LogP contribution < -0.4 is 14.8 Å². The number of nitrogens with zero attached hydrogens (tertiary/aromatic N) is 4. The molecule has 7 heteroatoms. The molecule has 0 saturated carbocycles. The van der Waals surface area contributed by atoms with Crippen LogP contribution in [0.2, 0.25) is 0 Å². The van der Waals surface area contributed by atoms with Crippen LogP contribution >= 0.6 is 0 Å². The van der Waals surface area contributed by atoms with Crippen molar-refractivity contribution in [3.63, 3.8) is 0 Å². The van der Waals surface area contributed by atoms with Crippen molar-refractivity contribution in [2.45, 2.75) is 26.7 Å². The number of anilines is 1. The molecule has 3 aromatic heterocycles. The second-order valence-corrected chi connectivity index (χ2v) is 8.53. The van der Waals surface area contributed by atoms with Gasteiger partial charge in [0.25, 0.3) is 5.88 Å². The molecule has 4 aromatic rings. The third-order valence-electron chi connectivity index (χ3n) is 6.21. The molecule has 4 heterocycles.